The fourth-order valence-electron chi connectivity index (χ4n) is 11.0. The lowest BCUT2D eigenvalue weighted by molar-refractivity contribution is -0.870. The van der Waals surface area contributed by atoms with Crippen LogP contribution >= 0.6 is 7.82 Å². The predicted octanol–water partition coefficient (Wildman–Crippen LogP) is 23.2. The highest BCUT2D eigenvalue weighted by Crippen LogP contribution is 2.43. The van der Waals surface area contributed by atoms with Crippen LogP contribution in [0.15, 0.2) is 60.8 Å². The van der Waals surface area contributed by atoms with Crippen molar-refractivity contribution >= 4 is 13.7 Å². The summed E-state index contributed by atoms with van der Waals surface area (Å²) in [5.41, 5.74) is 0. The van der Waals surface area contributed by atoms with Crippen LogP contribution in [-0.4, -0.2) is 73.4 Å². The molecule has 0 aliphatic rings. The molecule has 3 atom stereocenters. The first-order valence-corrected chi connectivity index (χ1v) is 37.6. The molecule has 0 aromatic carbocycles. The number of unbranched alkanes of at least 4 members (excludes halogenated alkanes) is 44. The van der Waals surface area contributed by atoms with Crippen LogP contribution in [0, 0.1) is 0 Å². The van der Waals surface area contributed by atoms with Gasteiger partial charge in [0.1, 0.15) is 13.2 Å². The molecule has 0 saturated carbocycles. The minimum atomic E-state index is -4.33. The fourth-order valence-corrected chi connectivity index (χ4v) is 11.7. The number of likely N-dealkylation sites (N-methyl/N-ethyl adjacent to an activating group) is 1. The van der Waals surface area contributed by atoms with Crippen LogP contribution in [0.3, 0.4) is 0 Å². The molecule has 0 saturated heterocycles. The Kier molecular flexibility index (Phi) is 63.3. The minimum Gasteiger partial charge on any atom is -0.391 e. The van der Waals surface area contributed by atoms with E-state index in [2.05, 4.69) is 79.9 Å². The van der Waals surface area contributed by atoms with Gasteiger partial charge in [-0.3, -0.25) is 13.8 Å². The number of allylic oxidation sites excluding steroid dienone is 10. The number of phosphoric ester groups is 1. The summed E-state index contributed by atoms with van der Waals surface area (Å²) in [6.45, 7) is 4.83. The molecule has 0 aromatic heterocycles. The maximum absolute atomic E-state index is 13.1. The number of amides is 1. The number of hydrogen-bond donors (Lipinski definition) is 3. The Morgan fingerprint density at radius 3 is 1.06 bits per heavy atom. The number of carbonyl (C=O) groups excluding carboxylic acids is 1. The monoisotopic (exact) mass is 1190 g/mol. The van der Waals surface area contributed by atoms with E-state index in [1.807, 2.05) is 21.1 Å². The van der Waals surface area contributed by atoms with Crippen molar-refractivity contribution in [1.82, 2.24) is 5.32 Å². The van der Waals surface area contributed by atoms with Gasteiger partial charge in [0.2, 0.25) is 5.91 Å². The lowest BCUT2D eigenvalue weighted by atomic mass is 10.0. The van der Waals surface area contributed by atoms with Crippen LogP contribution in [0.25, 0.3) is 0 Å². The number of rotatable bonds is 67. The van der Waals surface area contributed by atoms with Gasteiger partial charge < -0.3 is 19.8 Å². The molecular weight excluding hydrogens is 1040 g/mol. The van der Waals surface area contributed by atoms with Crippen LogP contribution in [0.2, 0.25) is 0 Å². The lowest BCUT2D eigenvalue weighted by Gasteiger charge is -2.26. The summed E-state index contributed by atoms with van der Waals surface area (Å²) in [6, 6.07) is -0.761. The molecule has 9 heteroatoms. The van der Waals surface area contributed by atoms with Gasteiger partial charge in [-0.2, -0.15) is 0 Å². The fraction of sp³-hybridized carbons (Fsp3) is 0.851. The Morgan fingerprint density at radius 2 is 0.723 bits per heavy atom. The zero-order valence-electron chi connectivity index (χ0n) is 55.9. The normalized spacial score (nSPS) is 14.0. The highest BCUT2D eigenvalue weighted by Gasteiger charge is 2.28. The molecule has 83 heavy (non-hydrogen) atoms. The van der Waals surface area contributed by atoms with E-state index in [1.165, 1.54) is 257 Å². The second-order valence-electron chi connectivity index (χ2n) is 25.9. The maximum atomic E-state index is 13.1. The van der Waals surface area contributed by atoms with Crippen LogP contribution in [0.1, 0.15) is 354 Å². The van der Waals surface area contributed by atoms with Gasteiger partial charge in [-0.05, 0) is 57.8 Å². The molecule has 0 aliphatic carbocycles. The van der Waals surface area contributed by atoms with Crippen molar-refractivity contribution in [2.75, 3.05) is 40.9 Å². The third kappa shape index (κ3) is 67.6. The van der Waals surface area contributed by atoms with E-state index < -0.39 is 20.0 Å². The first kappa shape index (κ1) is 81.2. The summed E-state index contributed by atoms with van der Waals surface area (Å²) >= 11 is 0. The molecule has 3 N–H and O–H groups in total. The Balaban J connectivity index is 3.93. The molecule has 0 spiro atoms. The minimum absolute atomic E-state index is 0.0763. The van der Waals surface area contributed by atoms with Crippen molar-refractivity contribution in [2.24, 2.45) is 0 Å². The van der Waals surface area contributed by atoms with Gasteiger partial charge in [-0.1, -0.05) is 351 Å². The number of nitrogens with one attached hydrogen (secondary N) is 1. The number of hydrogen-bond acceptors (Lipinski definition) is 5. The molecule has 3 unspecified atom stereocenters. The van der Waals surface area contributed by atoms with Gasteiger partial charge in [-0.15, -0.1) is 0 Å². The number of aliphatic hydroxyl groups excluding tert-OH is 1. The zero-order valence-corrected chi connectivity index (χ0v) is 56.8. The van der Waals surface area contributed by atoms with Crippen LogP contribution < -0.4 is 5.32 Å². The van der Waals surface area contributed by atoms with E-state index in [1.54, 1.807) is 0 Å². The molecule has 1 amide bonds. The Morgan fingerprint density at radius 1 is 0.422 bits per heavy atom. The molecule has 0 rings (SSSR count). The van der Waals surface area contributed by atoms with Gasteiger partial charge in [0.25, 0.3) is 0 Å². The molecule has 488 valence electrons. The van der Waals surface area contributed by atoms with E-state index in [4.69, 9.17) is 9.05 Å². The molecule has 0 bridgehead atoms. The maximum Gasteiger partial charge on any atom is 0.472 e. The van der Waals surface area contributed by atoms with Crippen molar-refractivity contribution in [3.63, 3.8) is 0 Å². The van der Waals surface area contributed by atoms with E-state index >= 15 is 0 Å². The van der Waals surface area contributed by atoms with E-state index in [0.717, 1.165) is 70.6 Å². The summed E-state index contributed by atoms with van der Waals surface area (Å²) in [7, 11) is 1.63. The quantitative estimate of drug-likeness (QED) is 0.0243. The SMILES string of the molecule is CC/C=C\C/C=C\C/C=C\C/C=C\C/C=C\CCCCCCCCCCCCCCCCCCCCCCCCCC(=O)NC(COP(=O)(O)OCC[N+](C)(C)C)C(O)CCCCCCCCCCCCCCCCCCCCCCCC. The zero-order chi connectivity index (χ0) is 60.5. The number of carbonyl (C=O) groups is 1. The largest absolute Gasteiger partial charge is 0.472 e. The van der Waals surface area contributed by atoms with E-state index in [9.17, 15) is 19.4 Å². The molecule has 0 aromatic rings. The van der Waals surface area contributed by atoms with Gasteiger partial charge >= 0.3 is 7.82 Å². The Labute approximate surface area is 517 Å². The standard InChI is InChI=1S/C74H141N2O6P/c1-6-8-10-12-14-16-18-20-22-24-26-28-30-31-32-33-34-35-36-37-38-39-40-41-42-43-44-45-46-48-50-52-54-56-58-60-62-64-66-68-74(78)75-72(71-82-83(79,80)81-70-69-76(3,4)5)73(77)67-65-63-61-59-57-55-53-51-49-47-29-27-25-23-21-19-17-15-13-11-9-7-2/h8,10,14,16,20,22,26,28,31-32,72-73,77H,6-7,9,11-13,15,17-19,21,23-25,27,29-30,33-71H2,1-5H3,(H-,75,78,79,80)/p+1/b10-8-,16-14-,22-20-,28-26-,32-31-. The number of quaternary nitrogens is 1. The molecule has 0 heterocycles. The van der Waals surface area contributed by atoms with Crippen molar-refractivity contribution < 1.29 is 32.9 Å². The highest BCUT2D eigenvalue weighted by molar-refractivity contribution is 7.47. The van der Waals surface area contributed by atoms with E-state index in [-0.39, 0.29) is 19.1 Å². The first-order chi connectivity index (χ1) is 40.5. The molecule has 0 aliphatic heterocycles. The van der Waals surface area contributed by atoms with Gasteiger partial charge in [0.05, 0.1) is 39.9 Å². The van der Waals surface area contributed by atoms with Crippen molar-refractivity contribution in [3.8, 4) is 0 Å². The van der Waals surface area contributed by atoms with Crippen molar-refractivity contribution in [3.05, 3.63) is 60.8 Å². The summed E-state index contributed by atoms with van der Waals surface area (Å²) in [5, 5.41) is 14.2. The van der Waals surface area contributed by atoms with Crippen LogP contribution in [-0.2, 0) is 18.4 Å². The van der Waals surface area contributed by atoms with E-state index in [0.29, 0.717) is 23.9 Å². The topological polar surface area (TPSA) is 105 Å². The van der Waals surface area contributed by atoms with Crippen molar-refractivity contribution in [2.45, 2.75) is 366 Å². The summed E-state index contributed by atoms with van der Waals surface area (Å²) < 4.78 is 23.9. The van der Waals surface area contributed by atoms with Gasteiger partial charge in [0.15, 0.2) is 0 Å². The Hall–Kier alpha value is -1.80. The predicted molar refractivity (Wildman–Crippen MR) is 364 cm³/mol. The van der Waals surface area contributed by atoms with Gasteiger partial charge in [0, 0.05) is 6.42 Å². The molecule has 0 fully saturated rings. The number of aliphatic hydroxyl groups is 1. The van der Waals surface area contributed by atoms with Gasteiger partial charge in [-0.25, -0.2) is 4.57 Å². The average Bonchev–Trinajstić information content (AvgIpc) is 3.50. The van der Waals surface area contributed by atoms with Crippen LogP contribution in [0.5, 0.6) is 0 Å². The second kappa shape index (κ2) is 64.7. The Bertz CT molecular complexity index is 1540. The van der Waals surface area contributed by atoms with Crippen molar-refractivity contribution in [1.29, 1.82) is 0 Å². The molecular formula is C74H142N2O6P+. The summed E-state index contributed by atoms with van der Waals surface area (Å²) in [6.07, 6.45) is 89.1. The third-order valence-corrected chi connectivity index (χ3v) is 17.5. The summed E-state index contributed by atoms with van der Waals surface area (Å²) in [5.74, 6) is -0.137. The molecule has 0 radical (unpaired) electrons. The summed E-state index contributed by atoms with van der Waals surface area (Å²) in [4.78, 5) is 23.5. The molecule has 8 nitrogen and oxygen atoms in total. The number of nitrogens with zero attached hydrogens (tertiary/aromatic N) is 1. The first-order valence-electron chi connectivity index (χ1n) is 36.2. The average molecular weight is 1190 g/mol. The lowest BCUT2D eigenvalue weighted by Crippen LogP contribution is -2.46. The number of phosphoric acid groups is 1. The second-order valence-corrected chi connectivity index (χ2v) is 27.4. The smallest absolute Gasteiger partial charge is 0.391 e. The third-order valence-electron chi connectivity index (χ3n) is 16.5. The highest BCUT2D eigenvalue weighted by atomic mass is 31.2. The van der Waals surface area contributed by atoms with Crippen LogP contribution in [0.4, 0.5) is 0 Å².